The van der Waals surface area contributed by atoms with Gasteiger partial charge in [-0.15, -0.1) is 0 Å². The summed E-state index contributed by atoms with van der Waals surface area (Å²) in [5.41, 5.74) is 1.06. The maximum atomic E-state index is 12.3. The van der Waals surface area contributed by atoms with Gasteiger partial charge in [0.1, 0.15) is 0 Å². The van der Waals surface area contributed by atoms with E-state index in [1.807, 2.05) is 0 Å². The lowest BCUT2D eigenvalue weighted by Gasteiger charge is -2.24. The lowest BCUT2D eigenvalue weighted by molar-refractivity contribution is 0.520. The maximum absolute atomic E-state index is 12.3. The molecule has 0 heterocycles. The molecule has 0 aromatic heterocycles. The molecule has 9 heteroatoms. The molecule has 6 nitrogen and oxygen atoms in total. The zero-order valence-corrected chi connectivity index (χ0v) is 17.3. The number of sulfonamides is 2. The van der Waals surface area contributed by atoms with Crippen molar-refractivity contribution in [1.82, 2.24) is 4.31 Å². The van der Waals surface area contributed by atoms with Crippen molar-refractivity contribution < 1.29 is 16.8 Å². The molecule has 0 aliphatic rings. The van der Waals surface area contributed by atoms with Gasteiger partial charge in [-0.1, -0.05) is 24.3 Å². The van der Waals surface area contributed by atoms with Gasteiger partial charge in [0.15, 0.2) is 0 Å². The summed E-state index contributed by atoms with van der Waals surface area (Å²) in [6.45, 7) is 0.0260. The average molecular weight is 447 g/mol. The van der Waals surface area contributed by atoms with E-state index in [0.29, 0.717) is 15.7 Å². The highest BCUT2D eigenvalue weighted by Crippen LogP contribution is 2.29. The van der Waals surface area contributed by atoms with Gasteiger partial charge in [0.2, 0.25) is 20.0 Å². The number of para-hydroxylation sites is 1. The zero-order valence-electron chi connectivity index (χ0n) is 14.0. The van der Waals surface area contributed by atoms with Crippen LogP contribution < -0.4 is 4.31 Å². The molecule has 25 heavy (non-hydrogen) atoms. The summed E-state index contributed by atoms with van der Waals surface area (Å²) in [4.78, 5) is 0.121. The van der Waals surface area contributed by atoms with E-state index >= 15 is 0 Å². The van der Waals surface area contributed by atoms with E-state index < -0.39 is 20.0 Å². The molecule has 0 aliphatic heterocycles. The Labute approximate surface area is 157 Å². The van der Waals surface area contributed by atoms with Gasteiger partial charge in [0, 0.05) is 18.6 Å². The Bertz CT molecular complexity index is 973. The van der Waals surface area contributed by atoms with Crippen molar-refractivity contribution in [3.05, 3.63) is 58.6 Å². The molecule has 0 fully saturated rings. The highest BCUT2D eigenvalue weighted by Gasteiger charge is 2.22. The van der Waals surface area contributed by atoms with Crippen molar-refractivity contribution in [3.63, 3.8) is 0 Å². The largest absolute Gasteiger partial charge is 0.265 e. The molecule has 2 aromatic rings. The Balaban J connectivity index is 2.47. The summed E-state index contributed by atoms with van der Waals surface area (Å²) < 4.78 is 52.1. The standard InChI is InChI=1S/C16H19BrN2O4S2/c1-18(2)25(22,23)14-8-6-7-13(11-14)12-19(24(3,20)21)16-10-5-4-9-15(16)17/h4-11H,12H2,1-3H3. The van der Waals surface area contributed by atoms with Crippen LogP contribution in [-0.2, 0) is 26.6 Å². The number of hydrogen-bond acceptors (Lipinski definition) is 4. The first-order valence-corrected chi connectivity index (χ1v) is 11.4. The number of benzene rings is 2. The van der Waals surface area contributed by atoms with E-state index in [0.717, 1.165) is 10.6 Å². The molecular weight excluding hydrogens is 428 g/mol. The van der Waals surface area contributed by atoms with E-state index in [9.17, 15) is 16.8 Å². The minimum absolute atomic E-state index is 0.0260. The van der Waals surface area contributed by atoms with E-state index in [-0.39, 0.29) is 11.4 Å². The number of halogens is 1. The van der Waals surface area contributed by atoms with Crippen LogP contribution in [-0.4, -0.2) is 41.5 Å². The molecule has 0 saturated heterocycles. The molecule has 2 rings (SSSR count). The summed E-state index contributed by atoms with van der Waals surface area (Å²) >= 11 is 3.36. The lowest BCUT2D eigenvalue weighted by atomic mass is 10.2. The molecule has 0 spiro atoms. The SMILES string of the molecule is CN(C)S(=O)(=O)c1cccc(CN(c2ccccc2Br)S(C)(=O)=O)c1. The van der Waals surface area contributed by atoms with Crippen LogP contribution in [0.1, 0.15) is 5.56 Å². The Morgan fingerprint density at radius 3 is 2.16 bits per heavy atom. The molecule has 2 aromatic carbocycles. The highest BCUT2D eigenvalue weighted by atomic mass is 79.9. The van der Waals surface area contributed by atoms with Crippen molar-refractivity contribution in [3.8, 4) is 0 Å². The predicted molar refractivity (Wildman–Crippen MR) is 102 cm³/mol. The summed E-state index contributed by atoms with van der Waals surface area (Å²) in [5.74, 6) is 0. The molecule has 0 radical (unpaired) electrons. The van der Waals surface area contributed by atoms with E-state index in [4.69, 9.17) is 0 Å². The first kappa shape index (κ1) is 19.9. The highest BCUT2D eigenvalue weighted by molar-refractivity contribution is 9.10. The molecule has 0 bridgehead atoms. The lowest BCUT2D eigenvalue weighted by Crippen LogP contribution is -2.29. The third-order valence-corrected chi connectivity index (χ3v) is 7.13. The van der Waals surface area contributed by atoms with Crippen LogP contribution >= 0.6 is 15.9 Å². The van der Waals surface area contributed by atoms with E-state index in [1.165, 1.54) is 30.5 Å². The summed E-state index contributed by atoms with van der Waals surface area (Å²) in [5, 5.41) is 0. The van der Waals surface area contributed by atoms with Gasteiger partial charge in [-0.2, -0.15) is 0 Å². The Kier molecular flexibility index (Phi) is 5.93. The molecule has 0 atom stereocenters. The second-order valence-electron chi connectivity index (χ2n) is 5.66. The number of rotatable bonds is 6. The van der Waals surface area contributed by atoms with Crippen LogP contribution in [0.3, 0.4) is 0 Å². The van der Waals surface area contributed by atoms with Crippen molar-refractivity contribution in [2.24, 2.45) is 0 Å². The quantitative estimate of drug-likeness (QED) is 0.683. The predicted octanol–water partition coefficient (Wildman–Crippen LogP) is 2.67. The number of anilines is 1. The van der Waals surface area contributed by atoms with Crippen LogP contribution in [0, 0.1) is 0 Å². The van der Waals surface area contributed by atoms with E-state index in [2.05, 4.69) is 15.9 Å². The summed E-state index contributed by atoms with van der Waals surface area (Å²) in [6, 6.07) is 13.2. The zero-order chi connectivity index (χ0) is 18.8. The van der Waals surface area contributed by atoms with Crippen LogP contribution in [0.25, 0.3) is 0 Å². The smallest absolute Gasteiger partial charge is 0.242 e. The first-order valence-electron chi connectivity index (χ1n) is 7.27. The molecule has 0 N–H and O–H groups in total. The second-order valence-corrected chi connectivity index (χ2v) is 10.6. The van der Waals surface area contributed by atoms with E-state index in [1.54, 1.807) is 36.4 Å². The van der Waals surface area contributed by atoms with Gasteiger partial charge in [0.05, 0.1) is 23.4 Å². The average Bonchev–Trinajstić information content (AvgIpc) is 2.52. The Hall–Kier alpha value is -1.42. The van der Waals surface area contributed by atoms with Crippen LogP contribution in [0.15, 0.2) is 57.9 Å². The van der Waals surface area contributed by atoms with Gasteiger partial charge < -0.3 is 0 Å². The van der Waals surface area contributed by atoms with Gasteiger partial charge in [-0.05, 0) is 45.8 Å². The van der Waals surface area contributed by atoms with Crippen molar-refractivity contribution in [2.45, 2.75) is 11.4 Å². The fourth-order valence-corrected chi connectivity index (χ4v) is 4.70. The van der Waals surface area contributed by atoms with Crippen molar-refractivity contribution >= 4 is 41.7 Å². The summed E-state index contributed by atoms with van der Waals surface area (Å²) in [6.07, 6.45) is 1.12. The van der Waals surface area contributed by atoms with Crippen LogP contribution in [0.5, 0.6) is 0 Å². The number of nitrogens with zero attached hydrogens (tertiary/aromatic N) is 2. The van der Waals surface area contributed by atoms with Crippen LogP contribution in [0.2, 0.25) is 0 Å². The second kappa shape index (κ2) is 7.45. The minimum Gasteiger partial charge on any atom is -0.265 e. The topological polar surface area (TPSA) is 74.8 Å². The number of hydrogen-bond donors (Lipinski definition) is 0. The monoisotopic (exact) mass is 446 g/mol. The third-order valence-electron chi connectivity index (χ3n) is 3.52. The Morgan fingerprint density at radius 1 is 0.960 bits per heavy atom. The van der Waals surface area contributed by atoms with Gasteiger partial charge in [-0.25, -0.2) is 21.1 Å². The molecular formula is C16H19BrN2O4S2. The van der Waals surface area contributed by atoms with Crippen molar-refractivity contribution in [1.29, 1.82) is 0 Å². The van der Waals surface area contributed by atoms with Gasteiger partial charge >= 0.3 is 0 Å². The summed E-state index contributed by atoms with van der Waals surface area (Å²) in [7, 11) is -4.25. The fourth-order valence-electron chi connectivity index (χ4n) is 2.22. The van der Waals surface area contributed by atoms with Gasteiger partial charge in [0.25, 0.3) is 0 Å². The van der Waals surface area contributed by atoms with Crippen LogP contribution in [0.4, 0.5) is 5.69 Å². The Morgan fingerprint density at radius 2 is 1.60 bits per heavy atom. The van der Waals surface area contributed by atoms with Gasteiger partial charge in [-0.3, -0.25) is 4.31 Å². The molecule has 0 saturated carbocycles. The molecule has 136 valence electrons. The minimum atomic E-state index is -3.59. The van der Waals surface area contributed by atoms with Crippen molar-refractivity contribution in [2.75, 3.05) is 24.7 Å². The third kappa shape index (κ3) is 4.60. The molecule has 0 aliphatic carbocycles. The normalized spacial score (nSPS) is 12.4. The molecule has 0 unspecified atom stereocenters. The fraction of sp³-hybridized carbons (Fsp3) is 0.250. The first-order chi connectivity index (χ1) is 11.5. The molecule has 0 amide bonds. The maximum Gasteiger partial charge on any atom is 0.242 e.